The Balaban J connectivity index is 1.22. The molecule has 0 heteroatoms. The molecule has 0 atom stereocenters. The van der Waals surface area contributed by atoms with Gasteiger partial charge in [-0.05, 0) is 132 Å². The van der Waals surface area contributed by atoms with Gasteiger partial charge in [-0.3, -0.25) is 0 Å². The Morgan fingerprint density at radius 2 is 0.518 bits per heavy atom. The minimum atomic E-state index is 1.24. The van der Waals surface area contributed by atoms with Gasteiger partial charge in [-0.1, -0.05) is 194 Å². The lowest BCUT2D eigenvalue weighted by molar-refractivity contribution is 1.64. The van der Waals surface area contributed by atoms with E-state index in [1.807, 2.05) is 0 Å². The van der Waals surface area contributed by atoms with Crippen LogP contribution in [0.15, 0.2) is 206 Å². The van der Waals surface area contributed by atoms with Gasteiger partial charge in [0.2, 0.25) is 0 Å². The fraction of sp³-hybridized carbons (Fsp3) is 0. The van der Waals surface area contributed by atoms with Gasteiger partial charge >= 0.3 is 0 Å². The Hall–Kier alpha value is -7.28. The van der Waals surface area contributed by atoms with E-state index in [0.29, 0.717) is 0 Å². The molecule has 0 saturated heterocycles. The molecule has 0 nitrogen and oxygen atoms in total. The van der Waals surface area contributed by atoms with Gasteiger partial charge in [-0.2, -0.15) is 0 Å². The molecule has 12 aromatic rings. The molecule has 12 rings (SSSR count). The molecule has 0 spiro atoms. The van der Waals surface area contributed by atoms with Gasteiger partial charge in [0, 0.05) is 0 Å². The number of rotatable bonds is 3. The first-order chi connectivity index (χ1) is 27.8. The van der Waals surface area contributed by atoms with Crippen LogP contribution in [-0.4, -0.2) is 0 Å². The SMILES string of the molecule is c1ccc(-c2cc3ccccc3c3ccccc23)c(-c2c3ccccc3c(-c3cc4c5ccccc5c5ccccc5c4c4ccccc34)c3ccccc23)c1. The second kappa shape index (κ2) is 12.1. The van der Waals surface area contributed by atoms with Crippen molar-refractivity contribution in [2.75, 3.05) is 0 Å². The molecule has 0 aliphatic rings. The van der Waals surface area contributed by atoms with E-state index >= 15 is 0 Å². The van der Waals surface area contributed by atoms with Gasteiger partial charge in [0.25, 0.3) is 0 Å². The van der Waals surface area contributed by atoms with Crippen LogP contribution in [0, 0.1) is 0 Å². The molecule has 0 saturated carbocycles. The standard InChI is InChI=1S/C56H34/c1-2-18-36-35(17-1)33-51(40-22-5-3-19-37(36)40)42-24-8-11-27-45(42)54-47-29-13-15-31-49(47)56(50-32-16-14-30-48(50)54)53-34-52-41-23-6-4-20-38(41)39-21-7-10-26-44(39)55(52)46-28-12-9-25-43(46)53/h1-34H. The highest BCUT2D eigenvalue weighted by molar-refractivity contribution is 6.35. The minimum Gasteiger partial charge on any atom is -0.0616 e. The summed E-state index contributed by atoms with van der Waals surface area (Å²) in [4.78, 5) is 0. The van der Waals surface area contributed by atoms with Gasteiger partial charge in [0.15, 0.2) is 0 Å². The van der Waals surface area contributed by atoms with Crippen LogP contribution in [0.25, 0.3) is 120 Å². The van der Waals surface area contributed by atoms with Crippen molar-refractivity contribution in [1.82, 2.24) is 0 Å². The number of fused-ring (bicyclic) bond motifs is 13. The second-order valence-electron chi connectivity index (χ2n) is 15.1. The third-order valence-corrected chi connectivity index (χ3v) is 12.2. The van der Waals surface area contributed by atoms with E-state index in [1.54, 1.807) is 0 Å². The van der Waals surface area contributed by atoms with Crippen molar-refractivity contribution in [2.45, 2.75) is 0 Å². The largest absolute Gasteiger partial charge is 0.0616 e. The molecule has 0 fully saturated rings. The molecular weight excluding hydrogens is 673 g/mol. The third kappa shape index (κ3) is 4.42. The molecular formula is C56H34. The molecule has 12 aromatic carbocycles. The normalized spacial score (nSPS) is 11.9. The predicted octanol–water partition coefficient (Wildman–Crippen LogP) is 15.9. The van der Waals surface area contributed by atoms with Crippen molar-refractivity contribution in [3.05, 3.63) is 206 Å². The molecule has 56 heavy (non-hydrogen) atoms. The minimum absolute atomic E-state index is 1.24. The van der Waals surface area contributed by atoms with E-state index in [9.17, 15) is 0 Å². The monoisotopic (exact) mass is 706 g/mol. The highest BCUT2D eigenvalue weighted by Gasteiger charge is 2.22. The van der Waals surface area contributed by atoms with Gasteiger partial charge in [-0.25, -0.2) is 0 Å². The van der Waals surface area contributed by atoms with Crippen LogP contribution in [0.5, 0.6) is 0 Å². The van der Waals surface area contributed by atoms with Crippen LogP contribution in [0.4, 0.5) is 0 Å². The smallest absolute Gasteiger partial charge is 0.00199 e. The Kier molecular flexibility index (Phi) is 6.73. The Labute approximate surface area is 324 Å². The predicted molar refractivity (Wildman–Crippen MR) is 243 cm³/mol. The number of benzene rings is 12. The zero-order valence-electron chi connectivity index (χ0n) is 30.6. The molecule has 0 heterocycles. The lowest BCUT2D eigenvalue weighted by Crippen LogP contribution is -1.94. The van der Waals surface area contributed by atoms with E-state index in [0.717, 1.165) is 0 Å². The van der Waals surface area contributed by atoms with Crippen molar-refractivity contribution >= 4 is 86.2 Å². The maximum absolute atomic E-state index is 2.50. The van der Waals surface area contributed by atoms with E-state index < -0.39 is 0 Å². The molecule has 258 valence electrons. The summed E-state index contributed by atoms with van der Waals surface area (Å²) >= 11 is 0. The average Bonchev–Trinajstić information content (AvgIpc) is 3.27. The number of hydrogen-bond donors (Lipinski definition) is 0. The topological polar surface area (TPSA) is 0 Å². The molecule has 0 unspecified atom stereocenters. The highest BCUT2D eigenvalue weighted by atomic mass is 14.3. The molecule has 0 aliphatic heterocycles. The lowest BCUT2D eigenvalue weighted by atomic mass is 9.81. The summed E-state index contributed by atoms with van der Waals surface area (Å²) in [6, 6.07) is 76.6. The Morgan fingerprint density at radius 3 is 1.09 bits per heavy atom. The van der Waals surface area contributed by atoms with Gasteiger partial charge in [0.05, 0.1) is 0 Å². The molecule has 0 bridgehead atoms. The van der Waals surface area contributed by atoms with Crippen LogP contribution in [0.1, 0.15) is 0 Å². The summed E-state index contributed by atoms with van der Waals surface area (Å²) in [5.41, 5.74) is 7.56. The van der Waals surface area contributed by atoms with Crippen LogP contribution in [0.3, 0.4) is 0 Å². The van der Waals surface area contributed by atoms with Crippen molar-refractivity contribution < 1.29 is 0 Å². The van der Waals surface area contributed by atoms with E-state index in [1.165, 1.54) is 120 Å². The zero-order chi connectivity index (χ0) is 36.7. The molecule has 0 amide bonds. The number of hydrogen-bond acceptors (Lipinski definition) is 0. The van der Waals surface area contributed by atoms with Crippen LogP contribution >= 0.6 is 0 Å². The zero-order valence-corrected chi connectivity index (χ0v) is 30.6. The van der Waals surface area contributed by atoms with E-state index in [-0.39, 0.29) is 0 Å². The highest BCUT2D eigenvalue weighted by Crippen LogP contribution is 2.50. The summed E-state index contributed by atoms with van der Waals surface area (Å²) in [6.07, 6.45) is 0. The Bertz CT molecular complexity index is 3530. The maximum atomic E-state index is 2.50. The summed E-state index contributed by atoms with van der Waals surface area (Å²) in [5, 5.41) is 20.5. The van der Waals surface area contributed by atoms with Gasteiger partial charge in [0.1, 0.15) is 0 Å². The van der Waals surface area contributed by atoms with Gasteiger partial charge in [-0.15, -0.1) is 0 Å². The van der Waals surface area contributed by atoms with Crippen molar-refractivity contribution in [2.24, 2.45) is 0 Å². The summed E-state index contributed by atoms with van der Waals surface area (Å²) in [5.74, 6) is 0. The first-order valence-corrected chi connectivity index (χ1v) is 19.5. The first-order valence-electron chi connectivity index (χ1n) is 19.5. The fourth-order valence-electron chi connectivity index (χ4n) is 9.90. The quantitative estimate of drug-likeness (QED) is 0.127. The molecule has 0 N–H and O–H groups in total. The van der Waals surface area contributed by atoms with Crippen molar-refractivity contribution in [3.63, 3.8) is 0 Å². The summed E-state index contributed by atoms with van der Waals surface area (Å²) < 4.78 is 0. The van der Waals surface area contributed by atoms with E-state index in [2.05, 4.69) is 206 Å². The van der Waals surface area contributed by atoms with Crippen LogP contribution in [-0.2, 0) is 0 Å². The molecule has 0 radical (unpaired) electrons. The van der Waals surface area contributed by atoms with Crippen LogP contribution < -0.4 is 0 Å². The fourth-order valence-corrected chi connectivity index (χ4v) is 9.90. The van der Waals surface area contributed by atoms with Crippen LogP contribution in [0.2, 0.25) is 0 Å². The molecule has 0 aromatic heterocycles. The van der Waals surface area contributed by atoms with Crippen molar-refractivity contribution in [3.8, 4) is 33.4 Å². The lowest BCUT2D eigenvalue weighted by Gasteiger charge is -2.22. The third-order valence-electron chi connectivity index (χ3n) is 12.2. The summed E-state index contributed by atoms with van der Waals surface area (Å²) in [6.45, 7) is 0. The summed E-state index contributed by atoms with van der Waals surface area (Å²) in [7, 11) is 0. The van der Waals surface area contributed by atoms with Gasteiger partial charge < -0.3 is 0 Å². The first kappa shape index (κ1) is 31.1. The average molecular weight is 707 g/mol. The maximum Gasteiger partial charge on any atom is -0.00199 e. The van der Waals surface area contributed by atoms with Crippen molar-refractivity contribution in [1.29, 1.82) is 0 Å². The Morgan fingerprint density at radius 1 is 0.179 bits per heavy atom. The molecule has 0 aliphatic carbocycles. The van der Waals surface area contributed by atoms with E-state index in [4.69, 9.17) is 0 Å². The second-order valence-corrected chi connectivity index (χ2v) is 15.1.